The van der Waals surface area contributed by atoms with Crippen LogP contribution in [0.4, 0.5) is 0 Å². The molecule has 1 aromatic rings. The summed E-state index contributed by atoms with van der Waals surface area (Å²) in [6.07, 6.45) is 9.59. The van der Waals surface area contributed by atoms with Crippen molar-refractivity contribution in [2.75, 3.05) is 19.6 Å². The van der Waals surface area contributed by atoms with Gasteiger partial charge in [0.2, 0.25) is 5.91 Å². The third-order valence-electron chi connectivity index (χ3n) is 6.24. The second-order valence-electron chi connectivity index (χ2n) is 7.95. The van der Waals surface area contributed by atoms with E-state index in [4.69, 9.17) is 0 Å². The summed E-state index contributed by atoms with van der Waals surface area (Å²) in [6.45, 7) is 2.17. The summed E-state index contributed by atoms with van der Waals surface area (Å²) in [5, 5.41) is 0. The number of amides is 2. The number of hydrogen-bond donors (Lipinski definition) is 2. The zero-order chi connectivity index (χ0) is 17.4. The van der Waals surface area contributed by atoms with Gasteiger partial charge in [-0.2, -0.15) is 0 Å². The molecule has 136 valence electrons. The van der Waals surface area contributed by atoms with Crippen LogP contribution >= 0.6 is 0 Å². The van der Waals surface area contributed by atoms with E-state index in [0.717, 1.165) is 38.6 Å². The fraction of sp³-hybridized carbons (Fsp3) is 0.722. The first-order valence-electron chi connectivity index (χ1n) is 9.43. The molecule has 4 rings (SSSR count). The first-order valence-corrected chi connectivity index (χ1v) is 9.43. The van der Waals surface area contributed by atoms with Crippen LogP contribution < -0.4 is 5.69 Å². The number of rotatable bonds is 2. The van der Waals surface area contributed by atoms with Gasteiger partial charge in [0.15, 0.2) is 0 Å². The minimum Gasteiger partial charge on any atom is -0.339 e. The van der Waals surface area contributed by atoms with Crippen LogP contribution in [0.2, 0.25) is 0 Å². The number of nitrogens with one attached hydrogen (secondary N) is 2. The first kappa shape index (κ1) is 16.4. The number of carbonyl (C=O) groups is 2. The van der Waals surface area contributed by atoms with Gasteiger partial charge in [-0.25, -0.2) is 4.79 Å². The summed E-state index contributed by atoms with van der Waals surface area (Å²) < 4.78 is 0. The van der Waals surface area contributed by atoms with E-state index in [0.29, 0.717) is 31.2 Å². The van der Waals surface area contributed by atoms with Crippen molar-refractivity contribution in [2.24, 2.45) is 5.41 Å². The Labute approximate surface area is 146 Å². The Morgan fingerprint density at radius 2 is 1.92 bits per heavy atom. The summed E-state index contributed by atoms with van der Waals surface area (Å²) in [6, 6.07) is 0.400. The van der Waals surface area contributed by atoms with E-state index in [1.54, 1.807) is 0 Å². The van der Waals surface area contributed by atoms with Crippen LogP contribution in [0, 0.1) is 5.41 Å². The Balaban J connectivity index is 1.50. The molecule has 25 heavy (non-hydrogen) atoms. The monoisotopic (exact) mass is 346 g/mol. The SMILES string of the molecule is O=C(c1c[nH]c(=O)[nH]1)N1CCC[C@@]2(CCC(=O)N(C3CCCC3)C2)C1. The molecule has 1 saturated carbocycles. The molecule has 1 atom stereocenters. The van der Waals surface area contributed by atoms with Crippen molar-refractivity contribution in [3.63, 3.8) is 0 Å². The van der Waals surface area contributed by atoms with Gasteiger partial charge in [0.05, 0.1) is 0 Å². The van der Waals surface area contributed by atoms with Gasteiger partial charge in [-0.1, -0.05) is 12.8 Å². The first-order chi connectivity index (χ1) is 12.1. The lowest BCUT2D eigenvalue weighted by Gasteiger charge is -2.49. The molecular weight excluding hydrogens is 320 g/mol. The van der Waals surface area contributed by atoms with Crippen LogP contribution in [-0.2, 0) is 4.79 Å². The number of aromatic amines is 2. The third kappa shape index (κ3) is 3.12. The van der Waals surface area contributed by atoms with Crippen LogP contribution in [0.25, 0.3) is 0 Å². The quantitative estimate of drug-likeness (QED) is 0.850. The maximum atomic E-state index is 12.7. The second kappa shape index (κ2) is 6.35. The minimum atomic E-state index is -0.356. The largest absolute Gasteiger partial charge is 0.339 e. The number of imidazole rings is 1. The van der Waals surface area contributed by atoms with Gasteiger partial charge < -0.3 is 19.8 Å². The number of carbonyl (C=O) groups excluding carboxylic acids is 2. The van der Waals surface area contributed by atoms with E-state index in [9.17, 15) is 14.4 Å². The van der Waals surface area contributed by atoms with Gasteiger partial charge >= 0.3 is 5.69 Å². The number of nitrogens with zero attached hydrogens (tertiary/aromatic N) is 2. The molecule has 7 heteroatoms. The van der Waals surface area contributed by atoms with E-state index in [1.165, 1.54) is 19.0 Å². The Hall–Kier alpha value is -2.05. The maximum absolute atomic E-state index is 12.7. The highest BCUT2D eigenvalue weighted by Crippen LogP contribution is 2.41. The topological polar surface area (TPSA) is 89.3 Å². The molecule has 3 aliphatic rings. The fourth-order valence-electron chi connectivity index (χ4n) is 4.93. The van der Waals surface area contributed by atoms with Gasteiger partial charge in [0.25, 0.3) is 5.91 Å². The van der Waals surface area contributed by atoms with Crippen LogP contribution in [0.5, 0.6) is 0 Å². The Bertz CT molecular complexity index is 718. The predicted octanol–water partition coefficient (Wildman–Crippen LogP) is 1.49. The normalized spacial score (nSPS) is 28.1. The Morgan fingerprint density at radius 1 is 1.12 bits per heavy atom. The lowest BCUT2D eigenvalue weighted by Crippen LogP contribution is -2.57. The van der Waals surface area contributed by atoms with Crippen LogP contribution in [0.15, 0.2) is 11.0 Å². The second-order valence-corrected chi connectivity index (χ2v) is 7.95. The zero-order valence-electron chi connectivity index (χ0n) is 14.6. The average molecular weight is 346 g/mol. The molecule has 2 N–H and O–H groups in total. The molecular formula is C18H26N4O3. The van der Waals surface area contributed by atoms with Crippen molar-refractivity contribution in [3.05, 3.63) is 22.4 Å². The van der Waals surface area contributed by atoms with E-state index in [-0.39, 0.29) is 22.9 Å². The van der Waals surface area contributed by atoms with E-state index < -0.39 is 0 Å². The molecule has 0 aromatic carbocycles. The Kier molecular flexibility index (Phi) is 4.17. The molecule has 1 aromatic heterocycles. The van der Waals surface area contributed by atoms with Crippen molar-refractivity contribution >= 4 is 11.8 Å². The van der Waals surface area contributed by atoms with Crippen LogP contribution in [-0.4, -0.2) is 57.3 Å². The minimum absolute atomic E-state index is 0.0149. The summed E-state index contributed by atoms with van der Waals surface area (Å²) >= 11 is 0. The predicted molar refractivity (Wildman–Crippen MR) is 92.2 cm³/mol. The highest BCUT2D eigenvalue weighted by atomic mass is 16.2. The van der Waals surface area contributed by atoms with E-state index >= 15 is 0 Å². The summed E-state index contributed by atoms with van der Waals surface area (Å²) in [7, 11) is 0. The number of piperidine rings is 2. The van der Waals surface area contributed by atoms with Gasteiger partial charge in [0.1, 0.15) is 5.69 Å². The number of likely N-dealkylation sites (tertiary alicyclic amines) is 2. The average Bonchev–Trinajstić information content (AvgIpc) is 3.28. The molecule has 0 radical (unpaired) electrons. The zero-order valence-corrected chi connectivity index (χ0v) is 14.6. The maximum Gasteiger partial charge on any atom is 0.323 e. The van der Waals surface area contributed by atoms with Gasteiger partial charge in [-0.15, -0.1) is 0 Å². The van der Waals surface area contributed by atoms with E-state index in [2.05, 4.69) is 14.9 Å². The third-order valence-corrected chi connectivity index (χ3v) is 6.24. The molecule has 1 aliphatic carbocycles. The summed E-state index contributed by atoms with van der Waals surface area (Å²) in [5.74, 6) is 0.165. The number of H-pyrrole nitrogens is 2. The molecule has 1 spiro atoms. The molecule has 2 aliphatic heterocycles. The smallest absolute Gasteiger partial charge is 0.323 e. The molecule has 7 nitrogen and oxygen atoms in total. The molecule has 3 heterocycles. The number of aromatic nitrogens is 2. The van der Waals surface area contributed by atoms with Gasteiger partial charge in [-0.05, 0) is 32.1 Å². The molecule has 0 bridgehead atoms. The van der Waals surface area contributed by atoms with Crippen molar-refractivity contribution < 1.29 is 9.59 Å². The lowest BCUT2D eigenvalue weighted by molar-refractivity contribution is -0.142. The van der Waals surface area contributed by atoms with Gasteiger partial charge in [0, 0.05) is 43.7 Å². The van der Waals surface area contributed by atoms with Crippen molar-refractivity contribution in [2.45, 2.75) is 57.4 Å². The van der Waals surface area contributed by atoms with Crippen LogP contribution in [0.3, 0.4) is 0 Å². The Morgan fingerprint density at radius 3 is 2.64 bits per heavy atom. The van der Waals surface area contributed by atoms with E-state index in [1.807, 2.05) is 4.90 Å². The van der Waals surface area contributed by atoms with Gasteiger partial charge in [-0.3, -0.25) is 9.59 Å². The lowest BCUT2D eigenvalue weighted by atomic mass is 9.73. The van der Waals surface area contributed by atoms with Crippen molar-refractivity contribution in [3.8, 4) is 0 Å². The van der Waals surface area contributed by atoms with Crippen molar-refractivity contribution in [1.29, 1.82) is 0 Å². The molecule has 3 fully saturated rings. The summed E-state index contributed by atoms with van der Waals surface area (Å²) in [4.78, 5) is 45.4. The van der Waals surface area contributed by atoms with Crippen LogP contribution in [0.1, 0.15) is 61.9 Å². The standard InChI is InChI=1S/C18H26N4O3/c23-15-6-8-18(12-22(15)13-4-1-2-5-13)7-3-9-21(11-18)16(24)14-10-19-17(25)20-14/h10,13H,1-9,11-12H2,(H2,19,20,25)/t18-/m1/s1. The molecule has 2 amide bonds. The summed E-state index contributed by atoms with van der Waals surface area (Å²) in [5.41, 5.74) is -0.0200. The fourth-order valence-corrected chi connectivity index (χ4v) is 4.93. The highest BCUT2D eigenvalue weighted by molar-refractivity contribution is 5.92. The van der Waals surface area contributed by atoms with Crippen molar-refractivity contribution in [1.82, 2.24) is 19.8 Å². The number of hydrogen-bond acceptors (Lipinski definition) is 3. The highest BCUT2D eigenvalue weighted by Gasteiger charge is 2.44. The molecule has 2 saturated heterocycles. The molecule has 0 unspecified atom stereocenters.